The summed E-state index contributed by atoms with van der Waals surface area (Å²) in [7, 11) is 1.43. The number of aliphatic carboxylic acids is 2. The van der Waals surface area contributed by atoms with E-state index >= 15 is 0 Å². The Hall–Kier alpha value is 0.471. The van der Waals surface area contributed by atoms with Crippen molar-refractivity contribution in [3.8, 4) is 0 Å². The molecule has 11 heavy (non-hydrogen) atoms. The Morgan fingerprint density at radius 3 is 1.64 bits per heavy atom. The van der Waals surface area contributed by atoms with Crippen molar-refractivity contribution in [3.05, 3.63) is 0 Å². The summed E-state index contributed by atoms with van der Waals surface area (Å²) in [5.74, 6) is -2.05. The molecular weight excluding hydrogens is 275 g/mol. The third-order valence-corrected chi connectivity index (χ3v) is 0.810. The number of carboxylic acid groups (broad SMARTS) is 2. The molecule has 0 bridgehead atoms. The van der Waals surface area contributed by atoms with Gasteiger partial charge in [-0.05, 0) is 7.05 Å². The van der Waals surface area contributed by atoms with Crippen molar-refractivity contribution >= 4 is 60.8 Å². The monoisotopic (exact) mass is 285 g/mol. The van der Waals surface area contributed by atoms with Gasteiger partial charge in [-0.2, -0.15) is 0 Å². The molecule has 0 amide bonds. The van der Waals surface area contributed by atoms with Gasteiger partial charge in [-0.25, -0.2) is 0 Å². The molecule has 0 saturated heterocycles. The number of hydrogen-bond donors (Lipinski definition) is 2. The van der Waals surface area contributed by atoms with Gasteiger partial charge in [0.05, 0.1) is 13.1 Å². The van der Waals surface area contributed by atoms with E-state index in [1.807, 2.05) is 0 Å². The fourth-order valence-electron chi connectivity index (χ4n) is 0.518. The van der Waals surface area contributed by atoms with Crippen LogP contribution in [0.2, 0.25) is 0 Å². The molecule has 0 unspecified atom stereocenters. The van der Waals surface area contributed by atoms with Gasteiger partial charge in [-0.3, -0.25) is 14.5 Å². The van der Waals surface area contributed by atoms with E-state index in [2.05, 4.69) is 0 Å². The first-order valence-corrected chi connectivity index (χ1v) is 2.64. The Balaban J connectivity index is 0. The zero-order valence-electron chi connectivity index (χ0n) is 6.28. The second-order valence-electron chi connectivity index (χ2n) is 1.96. The van der Waals surface area contributed by atoms with Crippen molar-refractivity contribution in [2.45, 2.75) is 0 Å². The summed E-state index contributed by atoms with van der Waals surface area (Å²) < 4.78 is 0. The number of hydrogen-bond acceptors (Lipinski definition) is 3. The zero-order valence-corrected chi connectivity index (χ0v) is 10.7. The summed E-state index contributed by atoms with van der Waals surface area (Å²) in [6.45, 7) is -0.488. The van der Waals surface area contributed by atoms with Crippen LogP contribution in [0, 0.1) is 0 Å². The van der Waals surface area contributed by atoms with Gasteiger partial charge in [0.15, 0.2) is 0 Å². The van der Waals surface area contributed by atoms with Crippen LogP contribution in [-0.2, 0) is 9.59 Å². The molecule has 0 heterocycles. The minimum atomic E-state index is -1.02. The molecule has 0 aliphatic heterocycles. The predicted molar refractivity (Wildman–Crippen MR) is 38.5 cm³/mol. The fourth-order valence-corrected chi connectivity index (χ4v) is 0.518. The number of carboxylic acids is 2. The minimum Gasteiger partial charge on any atom is -0.480 e. The van der Waals surface area contributed by atoms with Crippen molar-refractivity contribution < 1.29 is 19.8 Å². The van der Waals surface area contributed by atoms with Crippen LogP contribution in [0.5, 0.6) is 0 Å². The molecule has 6 heteroatoms. The maximum Gasteiger partial charge on any atom is 0.317 e. The van der Waals surface area contributed by atoms with E-state index in [1.54, 1.807) is 0 Å². The van der Waals surface area contributed by atoms with Gasteiger partial charge >= 0.3 is 11.9 Å². The molecule has 60 valence electrons. The Bertz CT molecular complexity index is 133. The third-order valence-electron chi connectivity index (χ3n) is 0.810. The summed E-state index contributed by atoms with van der Waals surface area (Å²) in [4.78, 5) is 21.1. The molecule has 0 rings (SSSR count). The zero-order chi connectivity index (χ0) is 8.15. The van der Waals surface area contributed by atoms with Crippen LogP contribution in [0.4, 0.5) is 0 Å². The van der Waals surface area contributed by atoms with Crippen molar-refractivity contribution in [1.82, 2.24) is 4.90 Å². The Kier molecular flexibility index (Phi) is 9.10. The maximum atomic E-state index is 9.96. The largest absolute Gasteiger partial charge is 0.480 e. The van der Waals surface area contributed by atoms with Crippen molar-refractivity contribution in [2.24, 2.45) is 0 Å². The number of carbonyl (C=O) groups is 2. The Morgan fingerprint density at radius 2 is 1.45 bits per heavy atom. The molecular formula is C5H9BaNO4. The first kappa shape index (κ1) is 14.0. The molecule has 0 aliphatic carbocycles. The van der Waals surface area contributed by atoms with Crippen LogP contribution in [0.25, 0.3) is 0 Å². The van der Waals surface area contributed by atoms with E-state index in [0.29, 0.717) is 0 Å². The molecule has 0 fully saturated rings. The van der Waals surface area contributed by atoms with Gasteiger partial charge in [-0.15, -0.1) is 0 Å². The first-order chi connectivity index (χ1) is 4.52. The van der Waals surface area contributed by atoms with E-state index in [9.17, 15) is 9.59 Å². The number of rotatable bonds is 4. The number of nitrogens with zero attached hydrogens (tertiary/aromatic N) is 1. The molecule has 5 nitrogen and oxygen atoms in total. The van der Waals surface area contributed by atoms with Gasteiger partial charge in [0.1, 0.15) is 0 Å². The van der Waals surface area contributed by atoms with E-state index in [-0.39, 0.29) is 62.0 Å². The molecule has 2 radical (unpaired) electrons. The standard InChI is InChI=1S/C5H9NO4.Ba/c1-6(2-4(7)8)3-5(9)10;/h2-3H2,1H3,(H,7,8)(H,9,10);. The van der Waals surface area contributed by atoms with Crippen LogP contribution in [0.3, 0.4) is 0 Å². The molecule has 0 saturated carbocycles. The number of likely N-dealkylation sites (N-methyl/N-ethyl adjacent to an activating group) is 1. The van der Waals surface area contributed by atoms with Crippen LogP contribution in [0.1, 0.15) is 0 Å². The van der Waals surface area contributed by atoms with Gasteiger partial charge < -0.3 is 10.2 Å². The Labute approximate surface area is 104 Å². The van der Waals surface area contributed by atoms with Gasteiger partial charge in [0.2, 0.25) is 0 Å². The SMILES string of the molecule is CN(CC(=O)O)CC(=O)O.[Ba]. The first-order valence-electron chi connectivity index (χ1n) is 2.64. The fraction of sp³-hybridized carbons (Fsp3) is 0.600. The van der Waals surface area contributed by atoms with Gasteiger partial charge in [0, 0.05) is 48.9 Å². The van der Waals surface area contributed by atoms with Crippen LogP contribution < -0.4 is 0 Å². The van der Waals surface area contributed by atoms with E-state index in [4.69, 9.17) is 10.2 Å². The molecule has 0 atom stereocenters. The van der Waals surface area contributed by atoms with E-state index in [0.717, 1.165) is 0 Å². The molecule has 0 spiro atoms. The van der Waals surface area contributed by atoms with Crippen LogP contribution in [-0.4, -0.2) is 96.1 Å². The Morgan fingerprint density at radius 1 is 1.18 bits per heavy atom. The molecule has 0 aromatic heterocycles. The molecule has 0 aromatic carbocycles. The normalized spacial score (nSPS) is 8.91. The molecule has 2 N–H and O–H groups in total. The van der Waals surface area contributed by atoms with Gasteiger partial charge in [-0.1, -0.05) is 0 Å². The van der Waals surface area contributed by atoms with Crippen LogP contribution >= 0.6 is 0 Å². The maximum absolute atomic E-state index is 9.96. The molecule has 0 aliphatic rings. The van der Waals surface area contributed by atoms with Crippen LogP contribution in [0.15, 0.2) is 0 Å². The van der Waals surface area contributed by atoms with Crippen molar-refractivity contribution in [3.63, 3.8) is 0 Å². The average molecular weight is 284 g/mol. The van der Waals surface area contributed by atoms with Gasteiger partial charge in [0.25, 0.3) is 0 Å². The summed E-state index contributed by atoms with van der Waals surface area (Å²) in [6.07, 6.45) is 0. The van der Waals surface area contributed by atoms with E-state index in [1.165, 1.54) is 11.9 Å². The summed E-state index contributed by atoms with van der Waals surface area (Å²) in [6, 6.07) is 0. The summed E-state index contributed by atoms with van der Waals surface area (Å²) in [5, 5.41) is 16.3. The minimum absolute atomic E-state index is 0. The smallest absolute Gasteiger partial charge is 0.317 e. The topological polar surface area (TPSA) is 77.8 Å². The van der Waals surface area contributed by atoms with Crippen molar-refractivity contribution in [2.75, 3.05) is 20.1 Å². The summed E-state index contributed by atoms with van der Waals surface area (Å²) in [5.41, 5.74) is 0. The van der Waals surface area contributed by atoms with E-state index < -0.39 is 11.9 Å². The second kappa shape index (κ2) is 7.14. The molecule has 0 aromatic rings. The quantitative estimate of drug-likeness (QED) is 0.628. The van der Waals surface area contributed by atoms with Crippen molar-refractivity contribution in [1.29, 1.82) is 0 Å². The second-order valence-corrected chi connectivity index (χ2v) is 1.96. The predicted octanol–water partition coefficient (Wildman–Crippen LogP) is -1.29. The average Bonchev–Trinajstić information content (AvgIpc) is 1.58. The third kappa shape index (κ3) is 10.5. The summed E-state index contributed by atoms with van der Waals surface area (Å²) >= 11 is 0.